The Morgan fingerprint density at radius 1 is 1.37 bits per heavy atom. The van der Waals surface area contributed by atoms with Crippen LogP contribution in [-0.2, 0) is 9.59 Å². The number of rotatable bonds is 7. The molecule has 0 aliphatic rings. The van der Waals surface area contributed by atoms with Gasteiger partial charge in [-0.15, -0.1) is 0 Å². The van der Waals surface area contributed by atoms with Crippen molar-refractivity contribution in [3.63, 3.8) is 0 Å². The molecule has 0 unspecified atom stereocenters. The molecular formula is C13H18N2O4. The van der Waals surface area contributed by atoms with E-state index >= 15 is 0 Å². The first-order valence-corrected chi connectivity index (χ1v) is 5.93. The first-order valence-electron chi connectivity index (χ1n) is 5.93. The van der Waals surface area contributed by atoms with Crippen LogP contribution in [0.2, 0.25) is 0 Å². The van der Waals surface area contributed by atoms with E-state index in [1.807, 2.05) is 6.07 Å². The monoisotopic (exact) mass is 266 g/mol. The van der Waals surface area contributed by atoms with Crippen molar-refractivity contribution in [2.45, 2.75) is 19.4 Å². The van der Waals surface area contributed by atoms with Crippen LogP contribution in [0.15, 0.2) is 24.3 Å². The molecule has 0 radical (unpaired) electrons. The lowest BCUT2D eigenvalue weighted by Crippen LogP contribution is -2.35. The number of nitrogens with one attached hydrogen (secondary N) is 2. The summed E-state index contributed by atoms with van der Waals surface area (Å²) in [5, 5.41) is 14.1. The van der Waals surface area contributed by atoms with Crippen LogP contribution >= 0.6 is 0 Å². The van der Waals surface area contributed by atoms with Crippen molar-refractivity contribution in [1.82, 2.24) is 5.32 Å². The Labute approximate surface area is 111 Å². The summed E-state index contributed by atoms with van der Waals surface area (Å²) in [6.45, 7) is 1.83. The molecule has 6 heteroatoms. The molecule has 19 heavy (non-hydrogen) atoms. The van der Waals surface area contributed by atoms with Gasteiger partial charge in [0, 0.05) is 13.0 Å². The average Bonchev–Trinajstić information content (AvgIpc) is 2.39. The maximum Gasteiger partial charge on any atom is 0.320 e. The highest BCUT2D eigenvalue weighted by Crippen LogP contribution is 2.22. The van der Waals surface area contributed by atoms with Crippen molar-refractivity contribution in [1.29, 1.82) is 0 Å². The van der Waals surface area contributed by atoms with Gasteiger partial charge < -0.3 is 20.5 Å². The van der Waals surface area contributed by atoms with Crippen LogP contribution in [0.25, 0.3) is 0 Å². The highest BCUT2D eigenvalue weighted by atomic mass is 16.5. The molecule has 0 aliphatic carbocycles. The Morgan fingerprint density at radius 3 is 2.68 bits per heavy atom. The second-order valence-electron chi connectivity index (χ2n) is 4.01. The van der Waals surface area contributed by atoms with Crippen LogP contribution in [0.5, 0.6) is 5.75 Å². The SMILES string of the molecule is COc1ccccc1NC(=O)CCN[C@H](C)C(=O)O. The van der Waals surface area contributed by atoms with Crippen LogP contribution in [0.4, 0.5) is 5.69 Å². The number of carbonyl (C=O) groups is 2. The molecule has 1 rings (SSSR count). The number of carboxylic acids is 1. The number of hydrogen-bond donors (Lipinski definition) is 3. The quantitative estimate of drug-likeness (QED) is 0.687. The molecule has 0 saturated heterocycles. The van der Waals surface area contributed by atoms with E-state index in [2.05, 4.69) is 10.6 Å². The van der Waals surface area contributed by atoms with E-state index < -0.39 is 12.0 Å². The number of para-hydroxylation sites is 2. The van der Waals surface area contributed by atoms with E-state index in [4.69, 9.17) is 9.84 Å². The van der Waals surface area contributed by atoms with Crippen molar-refractivity contribution in [3.8, 4) is 5.75 Å². The number of benzene rings is 1. The summed E-state index contributed by atoms with van der Waals surface area (Å²) in [5.74, 6) is -0.553. The second kappa shape index (κ2) is 7.38. The van der Waals surface area contributed by atoms with Gasteiger partial charge in [0.25, 0.3) is 0 Å². The topological polar surface area (TPSA) is 87.7 Å². The van der Waals surface area contributed by atoms with Crippen molar-refractivity contribution in [3.05, 3.63) is 24.3 Å². The molecule has 0 aromatic heterocycles. The van der Waals surface area contributed by atoms with Gasteiger partial charge in [-0.1, -0.05) is 12.1 Å². The summed E-state index contributed by atoms with van der Waals surface area (Å²) in [5.41, 5.74) is 0.598. The summed E-state index contributed by atoms with van der Waals surface area (Å²) < 4.78 is 5.11. The number of methoxy groups -OCH3 is 1. The van der Waals surface area contributed by atoms with Gasteiger partial charge in [-0.05, 0) is 19.1 Å². The van der Waals surface area contributed by atoms with Crippen molar-refractivity contribution >= 4 is 17.6 Å². The number of hydrogen-bond acceptors (Lipinski definition) is 4. The predicted octanol–water partition coefficient (Wildman–Crippen LogP) is 1.09. The lowest BCUT2D eigenvalue weighted by Gasteiger charge is -2.11. The first kappa shape index (κ1) is 15.0. The van der Waals surface area contributed by atoms with Gasteiger partial charge >= 0.3 is 5.97 Å². The first-order chi connectivity index (χ1) is 9.04. The summed E-state index contributed by atoms with van der Waals surface area (Å²) in [6, 6.07) is 6.43. The zero-order chi connectivity index (χ0) is 14.3. The zero-order valence-corrected chi connectivity index (χ0v) is 11.0. The number of carbonyl (C=O) groups excluding carboxylic acids is 1. The molecule has 3 N–H and O–H groups in total. The van der Waals surface area contributed by atoms with Crippen LogP contribution in [0.3, 0.4) is 0 Å². The molecular weight excluding hydrogens is 248 g/mol. The van der Waals surface area contributed by atoms with E-state index in [-0.39, 0.29) is 12.3 Å². The maximum absolute atomic E-state index is 11.7. The third kappa shape index (κ3) is 4.97. The minimum Gasteiger partial charge on any atom is -0.495 e. The third-order valence-corrected chi connectivity index (χ3v) is 2.55. The molecule has 0 bridgehead atoms. The van der Waals surface area contributed by atoms with Crippen LogP contribution < -0.4 is 15.4 Å². The fourth-order valence-electron chi connectivity index (χ4n) is 1.45. The number of carboxylic acid groups (broad SMARTS) is 1. The number of anilines is 1. The molecule has 1 atom stereocenters. The van der Waals surface area contributed by atoms with E-state index in [0.717, 1.165) is 0 Å². The Balaban J connectivity index is 2.41. The number of amides is 1. The smallest absolute Gasteiger partial charge is 0.320 e. The zero-order valence-electron chi connectivity index (χ0n) is 11.0. The van der Waals surface area contributed by atoms with Gasteiger partial charge in [0.2, 0.25) is 5.91 Å². The van der Waals surface area contributed by atoms with E-state index in [1.165, 1.54) is 14.0 Å². The largest absolute Gasteiger partial charge is 0.495 e. The standard InChI is InChI=1S/C13H18N2O4/c1-9(13(17)18)14-8-7-12(16)15-10-5-3-4-6-11(10)19-2/h3-6,9,14H,7-8H2,1-2H3,(H,15,16)(H,17,18)/t9-/m1/s1. The molecule has 104 valence electrons. The van der Waals surface area contributed by atoms with E-state index in [1.54, 1.807) is 18.2 Å². The summed E-state index contributed by atoms with van der Waals surface area (Å²) in [7, 11) is 1.53. The molecule has 0 spiro atoms. The predicted molar refractivity (Wildman–Crippen MR) is 71.3 cm³/mol. The maximum atomic E-state index is 11.7. The van der Waals surface area contributed by atoms with Gasteiger partial charge in [0.1, 0.15) is 11.8 Å². The van der Waals surface area contributed by atoms with Crippen molar-refractivity contribution in [2.24, 2.45) is 0 Å². The minimum absolute atomic E-state index is 0.190. The van der Waals surface area contributed by atoms with Crippen LogP contribution in [0, 0.1) is 0 Å². The van der Waals surface area contributed by atoms with Crippen LogP contribution in [-0.4, -0.2) is 36.7 Å². The van der Waals surface area contributed by atoms with Gasteiger partial charge in [0.15, 0.2) is 0 Å². The summed E-state index contributed by atoms with van der Waals surface area (Å²) in [6.07, 6.45) is 0.190. The molecule has 0 aliphatic heterocycles. The minimum atomic E-state index is -0.940. The molecule has 6 nitrogen and oxygen atoms in total. The lowest BCUT2D eigenvalue weighted by atomic mass is 10.2. The van der Waals surface area contributed by atoms with Gasteiger partial charge in [0.05, 0.1) is 12.8 Å². The van der Waals surface area contributed by atoms with Crippen molar-refractivity contribution < 1.29 is 19.4 Å². The van der Waals surface area contributed by atoms with Gasteiger partial charge in [-0.2, -0.15) is 0 Å². The highest BCUT2D eigenvalue weighted by molar-refractivity contribution is 5.92. The normalized spacial score (nSPS) is 11.7. The van der Waals surface area contributed by atoms with Gasteiger partial charge in [-0.3, -0.25) is 9.59 Å². The highest BCUT2D eigenvalue weighted by Gasteiger charge is 2.11. The molecule has 0 fully saturated rings. The summed E-state index contributed by atoms with van der Waals surface area (Å²) in [4.78, 5) is 22.2. The molecule has 0 saturated carbocycles. The van der Waals surface area contributed by atoms with E-state index in [9.17, 15) is 9.59 Å². The number of ether oxygens (including phenoxy) is 1. The summed E-state index contributed by atoms with van der Waals surface area (Å²) >= 11 is 0. The molecule has 1 aromatic rings. The Bertz CT molecular complexity index is 448. The molecule has 0 heterocycles. The fraction of sp³-hybridized carbons (Fsp3) is 0.385. The molecule has 1 aromatic carbocycles. The Morgan fingerprint density at radius 2 is 2.05 bits per heavy atom. The third-order valence-electron chi connectivity index (χ3n) is 2.55. The average molecular weight is 266 g/mol. The molecule has 1 amide bonds. The van der Waals surface area contributed by atoms with E-state index in [0.29, 0.717) is 18.0 Å². The Kier molecular flexibility index (Phi) is 5.81. The van der Waals surface area contributed by atoms with Crippen molar-refractivity contribution in [2.75, 3.05) is 19.0 Å². The Hall–Kier alpha value is -2.08. The second-order valence-corrected chi connectivity index (χ2v) is 4.01. The number of aliphatic carboxylic acids is 1. The van der Waals surface area contributed by atoms with Gasteiger partial charge in [-0.25, -0.2) is 0 Å². The lowest BCUT2D eigenvalue weighted by molar-refractivity contribution is -0.139. The van der Waals surface area contributed by atoms with Crippen LogP contribution in [0.1, 0.15) is 13.3 Å². The fourth-order valence-corrected chi connectivity index (χ4v) is 1.45.